The molecule has 0 spiro atoms. The third-order valence-electron chi connectivity index (χ3n) is 3.75. The first kappa shape index (κ1) is 15.1. The number of urea groups is 1. The molecule has 1 aliphatic heterocycles. The van der Waals surface area contributed by atoms with E-state index in [-0.39, 0.29) is 12.6 Å². The monoisotopic (exact) mass is 312 g/mol. The lowest BCUT2D eigenvalue weighted by Crippen LogP contribution is -2.38. The molecule has 4 amide bonds. The average molecular weight is 312 g/mol. The second-order valence-electron chi connectivity index (χ2n) is 5.69. The van der Waals surface area contributed by atoms with Crippen LogP contribution in [-0.4, -0.2) is 43.7 Å². The minimum atomic E-state index is -0.821. The maximum atomic E-state index is 12.3. The quantitative estimate of drug-likeness (QED) is 0.635. The Bertz CT molecular complexity index is 831. The van der Waals surface area contributed by atoms with Gasteiger partial charge in [-0.25, -0.2) is 19.7 Å². The number of rotatable bonds is 3. The van der Waals surface area contributed by atoms with Gasteiger partial charge in [-0.15, -0.1) is 0 Å². The summed E-state index contributed by atoms with van der Waals surface area (Å²) in [5.41, 5.74) is 2.55. The number of hydrogen-bond donors (Lipinski definition) is 0. The van der Waals surface area contributed by atoms with Crippen LogP contribution in [0.5, 0.6) is 0 Å². The second kappa shape index (κ2) is 5.42. The number of carbonyl (C=O) groups is 3. The van der Waals surface area contributed by atoms with Crippen molar-refractivity contribution in [1.29, 1.82) is 0 Å². The fourth-order valence-corrected chi connectivity index (χ4v) is 2.54. The molecule has 23 heavy (non-hydrogen) atoms. The zero-order chi connectivity index (χ0) is 16.7. The summed E-state index contributed by atoms with van der Waals surface area (Å²) in [6.07, 6.45) is 0. The average Bonchev–Trinajstić information content (AvgIpc) is 2.71. The van der Waals surface area contributed by atoms with Crippen LogP contribution in [0.1, 0.15) is 25.2 Å². The van der Waals surface area contributed by atoms with Gasteiger partial charge >= 0.3 is 17.8 Å². The molecule has 0 unspecified atom stereocenters. The van der Waals surface area contributed by atoms with E-state index in [9.17, 15) is 14.4 Å². The van der Waals surface area contributed by atoms with Crippen LogP contribution < -0.4 is 0 Å². The Morgan fingerprint density at radius 3 is 2.17 bits per heavy atom. The van der Waals surface area contributed by atoms with Crippen LogP contribution in [0.3, 0.4) is 0 Å². The zero-order valence-corrected chi connectivity index (χ0v) is 13.1. The highest BCUT2D eigenvalue weighted by atomic mass is 16.2. The van der Waals surface area contributed by atoms with Crippen LogP contribution in [0, 0.1) is 6.92 Å². The lowest BCUT2D eigenvalue weighted by Gasteiger charge is -2.18. The zero-order valence-electron chi connectivity index (χ0n) is 13.1. The Balaban J connectivity index is 1.96. The molecule has 1 saturated heterocycles. The largest absolute Gasteiger partial charge is 0.334 e. The smallest absolute Gasteiger partial charge is 0.263 e. The molecule has 0 radical (unpaired) electrons. The molecule has 0 aliphatic carbocycles. The Labute approximate surface area is 132 Å². The third kappa shape index (κ3) is 2.44. The summed E-state index contributed by atoms with van der Waals surface area (Å²) in [5.74, 6) is -1.62. The molecule has 1 aromatic carbocycles. The Hall–Kier alpha value is -2.83. The molecular formula is C16H16N4O3. The van der Waals surface area contributed by atoms with Crippen molar-refractivity contribution in [3.63, 3.8) is 0 Å². The van der Waals surface area contributed by atoms with E-state index >= 15 is 0 Å². The summed E-state index contributed by atoms with van der Waals surface area (Å²) in [6, 6.07) is 6.38. The summed E-state index contributed by atoms with van der Waals surface area (Å²) in [7, 11) is 0. The Morgan fingerprint density at radius 2 is 1.61 bits per heavy atom. The summed E-state index contributed by atoms with van der Waals surface area (Å²) in [4.78, 5) is 47.1. The summed E-state index contributed by atoms with van der Waals surface area (Å²) >= 11 is 0. The minimum Gasteiger partial charge on any atom is -0.263 e. The SMILES string of the molecule is Cc1nc2ccccc2nc1CN1C(=O)C(=O)N(C(C)C)C1=O. The number of hydrogen-bond acceptors (Lipinski definition) is 5. The van der Waals surface area contributed by atoms with Crippen molar-refractivity contribution in [2.75, 3.05) is 0 Å². The first-order valence-electron chi connectivity index (χ1n) is 7.31. The van der Waals surface area contributed by atoms with E-state index in [2.05, 4.69) is 9.97 Å². The number of para-hydroxylation sites is 2. The van der Waals surface area contributed by atoms with Crippen molar-refractivity contribution in [3.8, 4) is 0 Å². The highest BCUT2D eigenvalue weighted by Gasteiger charge is 2.45. The van der Waals surface area contributed by atoms with E-state index in [1.165, 1.54) is 0 Å². The topological polar surface area (TPSA) is 83.5 Å². The highest BCUT2D eigenvalue weighted by Crippen LogP contribution is 2.20. The molecule has 0 bridgehead atoms. The van der Waals surface area contributed by atoms with Gasteiger partial charge in [0.05, 0.1) is 29.0 Å². The summed E-state index contributed by atoms with van der Waals surface area (Å²) < 4.78 is 0. The van der Waals surface area contributed by atoms with Gasteiger partial charge in [0.1, 0.15) is 0 Å². The molecule has 7 heteroatoms. The van der Waals surface area contributed by atoms with Gasteiger partial charge in [0, 0.05) is 6.04 Å². The number of aromatic nitrogens is 2. The van der Waals surface area contributed by atoms with Crippen LogP contribution in [0.15, 0.2) is 24.3 Å². The first-order valence-corrected chi connectivity index (χ1v) is 7.31. The molecule has 1 aliphatic rings. The van der Waals surface area contributed by atoms with Crippen LogP contribution in [0.4, 0.5) is 4.79 Å². The van der Waals surface area contributed by atoms with Gasteiger partial charge < -0.3 is 0 Å². The number of imide groups is 2. The fourth-order valence-electron chi connectivity index (χ4n) is 2.54. The maximum Gasteiger partial charge on any atom is 0.334 e. The number of carbonyl (C=O) groups excluding carboxylic acids is 3. The van der Waals surface area contributed by atoms with Crippen molar-refractivity contribution in [3.05, 3.63) is 35.7 Å². The molecule has 3 rings (SSSR count). The molecule has 2 heterocycles. The molecule has 7 nitrogen and oxygen atoms in total. The van der Waals surface area contributed by atoms with E-state index in [4.69, 9.17) is 0 Å². The lowest BCUT2D eigenvalue weighted by molar-refractivity contribution is -0.144. The van der Waals surface area contributed by atoms with Gasteiger partial charge in [-0.3, -0.25) is 14.5 Å². The number of benzene rings is 1. The predicted octanol–water partition coefficient (Wildman–Crippen LogP) is 1.64. The molecule has 1 fully saturated rings. The van der Waals surface area contributed by atoms with Crippen molar-refractivity contribution in [2.24, 2.45) is 0 Å². The number of aryl methyl sites for hydroxylation is 1. The lowest BCUT2D eigenvalue weighted by atomic mass is 10.2. The van der Waals surface area contributed by atoms with Crippen LogP contribution in [-0.2, 0) is 16.1 Å². The van der Waals surface area contributed by atoms with E-state index in [0.29, 0.717) is 16.9 Å². The van der Waals surface area contributed by atoms with Gasteiger partial charge in [-0.2, -0.15) is 0 Å². The van der Waals surface area contributed by atoms with Crippen molar-refractivity contribution < 1.29 is 14.4 Å². The van der Waals surface area contributed by atoms with E-state index in [1.807, 2.05) is 24.3 Å². The minimum absolute atomic E-state index is 0.0592. The first-order chi connectivity index (χ1) is 10.9. The fraction of sp³-hybridized carbons (Fsp3) is 0.312. The Kier molecular flexibility index (Phi) is 3.55. The number of fused-ring (bicyclic) bond motifs is 1. The van der Waals surface area contributed by atoms with Gasteiger partial charge in [-0.1, -0.05) is 12.1 Å². The molecule has 0 atom stereocenters. The third-order valence-corrected chi connectivity index (χ3v) is 3.75. The highest BCUT2D eigenvalue weighted by molar-refractivity contribution is 6.44. The molecule has 118 valence electrons. The normalized spacial score (nSPS) is 15.4. The number of nitrogens with zero attached hydrogens (tertiary/aromatic N) is 4. The maximum absolute atomic E-state index is 12.3. The molecule has 0 saturated carbocycles. The summed E-state index contributed by atoms with van der Waals surface area (Å²) in [5, 5.41) is 0. The van der Waals surface area contributed by atoms with E-state index < -0.39 is 17.8 Å². The Morgan fingerprint density at radius 1 is 1.00 bits per heavy atom. The molecule has 0 N–H and O–H groups in total. The number of amides is 4. The molecule has 1 aromatic heterocycles. The second-order valence-corrected chi connectivity index (χ2v) is 5.69. The van der Waals surface area contributed by atoms with Crippen molar-refractivity contribution >= 4 is 28.9 Å². The van der Waals surface area contributed by atoms with Crippen LogP contribution >= 0.6 is 0 Å². The van der Waals surface area contributed by atoms with Gasteiger partial charge in [-0.05, 0) is 32.9 Å². The van der Waals surface area contributed by atoms with Gasteiger partial charge in [0.2, 0.25) is 0 Å². The van der Waals surface area contributed by atoms with Crippen molar-refractivity contribution in [1.82, 2.24) is 19.8 Å². The van der Waals surface area contributed by atoms with Gasteiger partial charge in [0.25, 0.3) is 0 Å². The van der Waals surface area contributed by atoms with Crippen LogP contribution in [0.25, 0.3) is 11.0 Å². The standard InChI is InChI=1S/C16H16N4O3/c1-9(2)20-15(22)14(21)19(16(20)23)8-13-10(3)17-11-6-4-5-7-12(11)18-13/h4-7,9H,8H2,1-3H3. The summed E-state index contributed by atoms with van der Waals surface area (Å²) in [6.45, 7) is 5.08. The van der Waals surface area contributed by atoms with Crippen LogP contribution in [0.2, 0.25) is 0 Å². The van der Waals surface area contributed by atoms with Gasteiger partial charge in [0.15, 0.2) is 0 Å². The molecule has 2 aromatic rings. The molecular weight excluding hydrogens is 296 g/mol. The predicted molar refractivity (Wildman–Crippen MR) is 82.2 cm³/mol. The van der Waals surface area contributed by atoms with E-state index in [0.717, 1.165) is 15.3 Å². The van der Waals surface area contributed by atoms with Crippen molar-refractivity contribution in [2.45, 2.75) is 33.4 Å². The van der Waals surface area contributed by atoms with E-state index in [1.54, 1.807) is 20.8 Å².